The molecule has 0 saturated heterocycles. The van der Waals surface area contributed by atoms with Gasteiger partial charge in [0.05, 0.1) is 38.0 Å². The van der Waals surface area contributed by atoms with Gasteiger partial charge in [-0.3, -0.25) is 0 Å². The Bertz CT molecular complexity index is 7410. The fraction of sp³-hybridized carbons (Fsp3) is 0.0259. The van der Waals surface area contributed by atoms with Crippen molar-refractivity contribution in [1.29, 1.82) is 0 Å². The van der Waals surface area contributed by atoms with E-state index in [4.69, 9.17) is 19.5 Å². The van der Waals surface area contributed by atoms with Crippen molar-refractivity contribution >= 4 is 198 Å². The Morgan fingerprint density at radius 3 is 0.659 bits per heavy atom. The van der Waals surface area contributed by atoms with Gasteiger partial charge in [-0.15, -0.1) is 0 Å². The SMILES string of the molecule is COC(=O)c1ccc(B(O)O)cc1.COC(=O)c1ccc(C#Cc2cc(P(=O)(c3ccccc3)c3ccccc3)c(-c3c(P(=O)(c4ccccc4)c4ccccc4)cc(C#Cc4ccc(C(=O)OC)cc4)c4ccccc34)c3ccccc23)cc1.O=P(c1ccccc1)(c1ccccc1)c1cc(Br)c2ccccc2c1-c1c(P(=O)(c2ccccc2)c2ccccc2)cc(Br)c2ccccc12. The number of ether oxygens (including phenoxy) is 3. The van der Waals surface area contributed by atoms with Crippen molar-refractivity contribution in [1.82, 2.24) is 0 Å². The number of methoxy groups -OCH3 is 3. The zero-order valence-corrected chi connectivity index (χ0v) is 79.9. The van der Waals surface area contributed by atoms with Gasteiger partial charge in [0.2, 0.25) is 0 Å². The standard InChI is InChI=1S/C64H44O6P2.C44H30Br2O2P2.C8H9BO4/c1-69-63(65)47-37-31-45(32-38-47)35-41-49-43-59(71(67,51-19-7-3-8-20-51)52-21-9-4-10-22-52)61(57-29-17-15-27-55(49)57)62-58-30-18-16-28-56(58)50(42-36-46-33-39-48(40-34-46)64(66)70-2)44-60(62)72(68,53-23-11-5-12-24-53)54-25-13-6-14-26-54;45-39-29-41(49(47,31-17-5-1-6-18-31)32-19-7-2-8-20-32)43(37-27-15-13-25-35(37)39)44-38-28-16-14-26-36(38)40(46)30-42(44)50(48,33-21-9-3-10-22-33)34-23-11-4-12-24-34;1-13-8(10)6-2-4-7(5-3-6)9(11)12/h3-34,37-40,43-44H,1-2H3;1-30H;2-5,11-12H,1H3. The second-order valence-corrected chi connectivity index (χ2v) is 44.2. The highest BCUT2D eigenvalue weighted by Crippen LogP contribution is 2.56. The summed E-state index contributed by atoms with van der Waals surface area (Å²) in [5, 5.41) is 32.2. The summed E-state index contributed by atoms with van der Waals surface area (Å²) in [5.41, 5.74) is 7.08. The maximum atomic E-state index is 17.2. The molecule has 135 heavy (non-hydrogen) atoms. The molecule has 0 radical (unpaired) electrons. The molecule has 0 amide bonds. The number of halogens is 2. The summed E-state index contributed by atoms with van der Waals surface area (Å²) in [6.07, 6.45) is 0. The highest BCUT2D eigenvalue weighted by atomic mass is 79.9. The van der Waals surface area contributed by atoms with Crippen LogP contribution in [0.5, 0.6) is 0 Å². The van der Waals surface area contributed by atoms with Crippen molar-refractivity contribution in [3.8, 4) is 45.9 Å². The maximum absolute atomic E-state index is 17.2. The van der Waals surface area contributed by atoms with Gasteiger partial charge < -0.3 is 42.5 Å². The van der Waals surface area contributed by atoms with E-state index in [9.17, 15) is 14.4 Å². The van der Waals surface area contributed by atoms with Crippen LogP contribution in [0.4, 0.5) is 0 Å². The fourth-order valence-electron chi connectivity index (χ4n) is 17.2. The van der Waals surface area contributed by atoms with Crippen LogP contribution < -0.4 is 69.1 Å². The molecule has 0 bridgehead atoms. The minimum absolute atomic E-state index is 0.340. The first-order valence-electron chi connectivity index (χ1n) is 43.2. The van der Waals surface area contributed by atoms with Crippen LogP contribution in [-0.4, -0.2) is 56.4 Å². The molecule has 0 aliphatic heterocycles. The lowest BCUT2D eigenvalue weighted by Crippen LogP contribution is -2.30. The fourth-order valence-corrected chi connectivity index (χ4v) is 30.3. The first-order chi connectivity index (χ1) is 65.8. The predicted octanol–water partition coefficient (Wildman–Crippen LogP) is 20.9. The molecule has 0 fully saturated rings. The Labute approximate surface area is 800 Å². The first-order valence-corrected chi connectivity index (χ1v) is 51.6. The Kier molecular flexibility index (Phi) is 28.1. The average Bonchev–Trinajstić information content (AvgIpc) is 0.705. The van der Waals surface area contributed by atoms with Crippen molar-refractivity contribution < 1.29 is 56.9 Å². The number of esters is 3. The Hall–Kier alpha value is -14.4. The van der Waals surface area contributed by atoms with Crippen molar-refractivity contribution in [3.05, 3.63) is 485 Å². The molecular formula is C116H83BBr2O12P4. The summed E-state index contributed by atoms with van der Waals surface area (Å²) in [6.45, 7) is 0. The minimum Gasteiger partial charge on any atom is -0.465 e. The maximum Gasteiger partial charge on any atom is 0.488 e. The van der Waals surface area contributed by atoms with Crippen molar-refractivity contribution in [2.24, 2.45) is 0 Å². The van der Waals surface area contributed by atoms with Gasteiger partial charge in [0.25, 0.3) is 0 Å². The van der Waals surface area contributed by atoms with Crippen LogP contribution in [-0.2, 0) is 32.5 Å². The number of benzene rings is 19. The zero-order valence-electron chi connectivity index (χ0n) is 73.2. The van der Waals surface area contributed by atoms with Crippen LogP contribution in [0.15, 0.2) is 446 Å². The summed E-state index contributed by atoms with van der Waals surface area (Å²) in [5.74, 6) is 12.3. The van der Waals surface area contributed by atoms with Gasteiger partial charge in [0, 0.05) is 117 Å². The van der Waals surface area contributed by atoms with Crippen molar-refractivity contribution in [2.45, 2.75) is 0 Å². The molecule has 0 unspecified atom stereocenters. The van der Waals surface area contributed by atoms with Gasteiger partial charge in [-0.2, -0.15) is 0 Å². The zero-order chi connectivity index (χ0) is 93.8. The molecule has 2 N–H and O–H groups in total. The molecule has 0 atom stereocenters. The number of fused-ring (bicyclic) bond motifs is 4. The molecule has 0 spiro atoms. The molecule has 19 heteroatoms. The van der Waals surface area contributed by atoms with Gasteiger partial charge in [0.1, 0.15) is 0 Å². The molecule has 0 aliphatic carbocycles. The average molecular weight is 1960 g/mol. The van der Waals surface area contributed by atoms with E-state index in [1.807, 2.05) is 340 Å². The summed E-state index contributed by atoms with van der Waals surface area (Å²) in [7, 11) is -12.4. The molecule has 12 nitrogen and oxygen atoms in total. The Balaban J connectivity index is 0.000000173. The predicted molar refractivity (Wildman–Crippen MR) is 562 cm³/mol. The second-order valence-electron chi connectivity index (χ2n) is 31.6. The molecule has 0 aromatic heterocycles. The van der Waals surface area contributed by atoms with E-state index in [0.29, 0.717) is 98.0 Å². The quantitative estimate of drug-likeness (QED) is 0.0272. The molecule has 656 valence electrons. The smallest absolute Gasteiger partial charge is 0.465 e. The molecule has 0 heterocycles. The lowest BCUT2D eigenvalue weighted by Gasteiger charge is -2.29. The monoisotopic (exact) mass is 1960 g/mol. The van der Waals surface area contributed by atoms with E-state index < -0.39 is 53.6 Å². The van der Waals surface area contributed by atoms with Gasteiger partial charge in [-0.05, 0) is 133 Å². The van der Waals surface area contributed by atoms with Crippen LogP contribution in [0.25, 0.3) is 65.3 Å². The molecule has 0 saturated carbocycles. The molecule has 19 aromatic carbocycles. The summed E-state index contributed by atoms with van der Waals surface area (Å²) in [4.78, 5) is 35.6. The largest absolute Gasteiger partial charge is 0.488 e. The number of hydrogen-bond acceptors (Lipinski definition) is 12. The minimum atomic E-state index is -3.87. The number of hydrogen-bond donors (Lipinski definition) is 2. The normalized spacial score (nSPS) is 11.3. The van der Waals surface area contributed by atoms with Gasteiger partial charge in [-0.1, -0.05) is 407 Å². The molecule has 0 aliphatic rings. The lowest BCUT2D eigenvalue weighted by molar-refractivity contribution is 0.0592. The van der Waals surface area contributed by atoms with E-state index in [1.54, 1.807) is 48.5 Å². The third-order valence-corrected chi connectivity index (χ3v) is 37.4. The van der Waals surface area contributed by atoms with E-state index in [0.717, 1.165) is 84.4 Å². The lowest BCUT2D eigenvalue weighted by atomic mass is 9.80. The van der Waals surface area contributed by atoms with Crippen LogP contribution >= 0.6 is 60.4 Å². The van der Waals surface area contributed by atoms with Crippen LogP contribution in [0.2, 0.25) is 0 Å². The van der Waals surface area contributed by atoms with Gasteiger partial charge >= 0.3 is 25.0 Å². The first kappa shape index (κ1) is 92.5. The third kappa shape index (κ3) is 18.4. The van der Waals surface area contributed by atoms with Crippen LogP contribution in [0, 0.1) is 23.7 Å². The third-order valence-electron chi connectivity index (χ3n) is 23.7. The second kappa shape index (κ2) is 41.0. The van der Waals surface area contributed by atoms with Crippen LogP contribution in [0.1, 0.15) is 53.3 Å². The van der Waals surface area contributed by atoms with Gasteiger partial charge in [0.15, 0.2) is 28.6 Å². The highest BCUT2D eigenvalue weighted by molar-refractivity contribution is 9.11. The molecule has 19 rings (SSSR count). The summed E-state index contributed by atoms with van der Waals surface area (Å²) in [6, 6.07) is 137. The Morgan fingerprint density at radius 2 is 0.437 bits per heavy atom. The highest BCUT2D eigenvalue weighted by Gasteiger charge is 2.42. The van der Waals surface area contributed by atoms with E-state index in [1.165, 1.54) is 45.6 Å². The van der Waals surface area contributed by atoms with E-state index in [2.05, 4.69) is 84.5 Å². The number of rotatable bonds is 18. The number of carbonyl (C=O) groups excluding carboxylic acids is 3. The molecular weight excluding hydrogens is 1880 g/mol. The van der Waals surface area contributed by atoms with E-state index in [-0.39, 0.29) is 0 Å². The topological polar surface area (TPSA) is 188 Å². The van der Waals surface area contributed by atoms with Crippen molar-refractivity contribution in [2.75, 3.05) is 21.3 Å². The van der Waals surface area contributed by atoms with Crippen LogP contribution in [0.3, 0.4) is 0 Å². The summed E-state index contributed by atoms with van der Waals surface area (Å²) >= 11 is 7.80. The molecule has 19 aromatic rings. The number of carbonyl (C=O) groups is 3. The van der Waals surface area contributed by atoms with E-state index >= 15 is 18.3 Å². The van der Waals surface area contributed by atoms with Crippen molar-refractivity contribution in [3.63, 3.8) is 0 Å². The summed E-state index contributed by atoms with van der Waals surface area (Å²) < 4.78 is 83.4. The Morgan fingerprint density at radius 1 is 0.244 bits per heavy atom. The van der Waals surface area contributed by atoms with Gasteiger partial charge in [-0.25, -0.2) is 14.4 Å².